The largest absolute Gasteiger partial charge is 0.381 e. The zero-order chi connectivity index (χ0) is 17.4. The van der Waals surface area contributed by atoms with Crippen LogP contribution in [0, 0.1) is 5.92 Å². The molecule has 2 aliphatic heterocycles. The van der Waals surface area contributed by atoms with Crippen LogP contribution in [0.25, 0.3) is 11.3 Å². The summed E-state index contributed by atoms with van der Waals surface area (Å²) in [4.78, 5) is 26.3. The van der Waals surface area contributed by atoms with Gasteiger partial charge >= 0.3 is 0 Å². The minimum atomic E-state index is -0.154. The number of likely N-dealkylation sites (tertiary alicyclic amines) is 1. The van der Waals surface area contributed by atoms with Crippen LogP contribution in [-0.2, 0) is 9.53 Å². The van der Waals surface area contributed by atoms with Gasteiger partial charge in [0, 0.05) is 36.3 Å². The van der Waals surface area contributed by atoms with Gasteiger partial charge in [0.25, 0.3) is 5.56 Å². The summed E-state index contributed by atoms with van der Waals surface area (Å²) in [5.74, 6) is 0.0849. The van der Waals surface area contributed by atoms with Gasteiger partial charge in [-0.05, 0) is 24.6 Å². The number of carbonyl (C=O) groups excluding carboxylic acids is 1. The third kappa shape index (κ3) is 3.19. The van der Waals surface area contributed by atoms with Gasteiger partial charge in [-0.1, -0.05) is 23.7 Å². The molecule has 130 valence electrons. The highest BCUT2D eigenvalue weighted by atomic mass is 35.5. The number of ether oxygens (including phenoxy) is 1. The third-order valence-corrected chi connectivity index (χ3v) is 5.02. The summed E-state index contributed by atoms with van der Waals surface area (Å²) in [5.41, 5.74) is 1.46. The Balaban J connectivity index is 1.50. The maximum absolute atomic E-state index is 12.3. The van der Waals surface area contributed by atoms with Gasteiger partial charge < -0.3 is 9.64 Å². The molecule has 1 unspecified atom stereocenters. The molecule has 1 aromatic heterocycles. The number of aromatic nitrogens is 2. The Morgan fingerprint density at radius 1 is 1.16 bits per heavy atom. The molecule has 6 nitrogen and oxygen atoms in total. The van der Waals surface area contributed by atoms with E-state index >= 15 is 0 Å². The van der Waals surface area contributed by atoms with Crippen molar-refractivity contribution < 1.29 is 9.53 Å². The van der Waals surface area contributed by atoms with Crippen molar-refractivity contribution in [3.63, 3.8) is 0 Å². The average molecular weight is 360 g/mol. The number of amides is 1. The lowest BCUT2D eigenvalue weighted by molar-refractivity contribution is -0.141. The summed E-state index contributed by atoms with van der Waals surface area (Å²) < 4.78 is 6.76. The van der Waals surface area contributed by atoms with Gasteiger partial charge in [-0.25, -0.2) is 4.68 Å². The Morgan fingerprint density at radius 3 is 2.60 bits per heavy atom. The fraction of sp³-hybridized carbons (Fsp3) is 0.389. The number of carbonyl (C=O) groups is 1. The number of hydrogen-bond donors (Lipinski definition) is 0. The van der Waals surface area contributed by atoms with E-state index in [1.807, 2.05) is 12.1 Å². The molecule has 2 fully saturated rings. The van der Waals surface area contributed by atoms with E-state index in [4.69, 9.17) is 16.3 Å². The molecule has 7 heteroatoms. The highest BCUT2D eigenvalue weighted by Crippen LogP contribution is 2.25. The molecule has 0 spiro atoms. The zero-order valence-electron chi connectivity index (χ0n) is 13.6. The van der Waals surface area contributed by atoms with Crippen LogP contribution in [0.15, 0.2) is 41.2 Å². The van der Waals surface area contributed by atoms with E-state index in [0.29, 0.717) is 37.0 Å². The molecule has 3 heterocycles. The third-order valence-electron chi connectivity index (χ3n) is 4.76. The predicted molar refractivity (Wildman–Crippen MR) is 93.5 cm³/mol. The molecule has 25 heavy (non-hydrogen) atoms. The first kappa shape index (κ1) is 16.3. The van der Waals surface area contributed by atoms with Gasteiger partial charge in [0.15, 0.2) is 0 Å². The van der Waals surface area contributed by atoms with Crippen LogP contribution in [-0.4, -0.2) is 46.9 Å². The van der Waals surface area contributed by atoms with Gasteiger partial charge in [0.05, 0.1) is 24.3 Å². The van der Waals surface area contributed by atoms with Gasteiger partial charge in [-0.15, -0.1) is 0 Å². The lowest BCUT2D eigenvalue weighted by Crippen LogP contribution is -2.55. The van der Waals surface area contributed by atoms with E-state index in [2.05, 4.69) is 5.10 Å². The van der Waals surface area contributed by atoms with Crippen molar-refractivity contribution in [1.82, 2.24) is 14.7 Å². The van der Waals surface area contributed by atoms with E-state index < -0.39 is 0 Å². The summed E-state index contributed by atoms with van der Waals surface area (Å²) in [6.45, 7) is 2.20. The van der Waals surface area contributed by atoms with Crippen LogP contribution >= 0.6 is 11.6 Å². The van der Waals surface area contributed by atoms with Gasteiger partial charge in [-0.3, -0.25) is 9.59 Å². The molecule has 1 aromatic carbocycles. The molecule has 4 rings (SSSR count). The van der Waals surface area contributed by atoms with Crippen molar-refractivity contribution in [3.05, 3.63) is 51.8 Å². The van der Waals surface area contributed by atoms with E-state index in [1.165, 1.54) is 10.7 Å². The molecule has 2 aromatic rings. The highest BCUT2D eigenvalue weighted by Gasteiger charge is 2.37. The van der Waals surface area contributed by atoms with Crippen LogP contribution in [0.3, 0.4) is 0 Å². The van der Waals surface area contributed by atoms with E-state index in [-0.39, 0.29) is 23.4 Å². The monoisotopic (exact) mass is 359 g/mol. The van der Waals surface area contributed by atoms with Crippen molar-refractivity contribution >= 4 is 17.5 Å². The molecule has 1 amide bonds. The average Bonchev–Trinajstić information content (AvgIpc) is 3.10. The predicted octanol–water partition coefficient (Wildman–Crippen LogP) is 1.98. The van der Waals surface area contributed by atoms with Crippen molar-refractivity contribution in [2.45, 2.75) is 12.5 Å². The molecule has 0 bridgehead atoms. The SMILES string of the molecule is O=C(C1CCOC1)N1CC(n2nc(-c3ccc(Cl)cc3)ccc2=O)C1. The topological polar surface area (TPSA) is 64.4 Å². The molecule has 2 saturated heterocycles. The maximum atomic E-state index is 12.3. The fourth-order valence-electron chi connectivity index (χ4n) is 3.24. The molecule has 0 radical (unpaired) electrons. The molecule has 0 aliphatic carbocycles. The molecule has 0 saturated carbocycles. The van der Waals surface area contributed by atoms with E-state index in [9.17, 15) is 9.59 Å². The second kappa shape index (κ2) is 6.61. The minimum Gasteiger partial charge on any atom is -0.381 e. The number of halogens is 1. The summed E-state index contributed by atoms with van der Waals surface area (Å²) in [7, 11) is 0. The fourth-order valence-corrected chi connectivity index (χ4v) is 3.36. The first-order chi connectivity index (χ1) is 12.1. The van der Waals surface area contributed by atoms with Crippen LogP contribution in [0.2, 0.25) is 5.02 Å². The maximum Gasteiger partial charge on any atom is 0.267 e. The number of nitrogens with zero attached hydrogens (tertiary/aromatic N) is 3. The van der Waals surface area contributed by atoms with Crippen LogP contribution < -0.4 is 5.56 Å². The van der Waals surface area contributed by atoms with Gasteiger partial charge in [-0.2, -0.15) is 5.10 Å². The Kier molecular flexibility index (Phi) is 4.31. The molecular formula is C18H18ClN3O3. The van der Waals surface area contributed by atoms with Crippen LogP contribution in [0.4, 0.5) is 0 Å². The summed E-state index contributed by atoms with van der Waals surface area (Å²) >= 11 is 5.92. The lowest BCUT2D eigenvalue weighted by atomic mass is 10.0. The quantitative estimate of drug-likeness (QED) is 0.840. The van der Waals surface area contributed by atoms with Crippen molar-refractivity contribution in [1.29, 1.82) is 0 Å². The summed E-state index contributed by atoms with van der Waals surface area (Å²) in [6, 6.07) is 10.5. The second-order valence-electron chi connectivity index (χ2n) is 6.47. The van der Waals surface area contributed by atoms with Gasteiger partial charge in [0.2, 0.25) is 5.91 Å². The Morgan fingerprint density at radius 2 is 1.92 bits per heavy atom. The van der Waals surface area contributed by atoms with Crippen LogP contribution in [0.1, 0.15) is 12.5 Å². The molecule has 1 atom stereocenters. The molecule has 0 N–H and O–H groups in total. The molecule has 2 aliphatic rings. The Hall–Kier alpha value is -2.18. The normalized spacial score (nSPS) is 20.5. The van der Waals surface area contributed by atoms with Gasteiger partial charge in [0.1, 0.15) is 0 Å². The van der Waals surface area contributed by atoms with E-state index in [0.717, 1.165) is 12.0 Å². The van der Waals surface area contributed by atoms with Crippen molar-refractivity contribution in [2.75, 3.05) is 26.3 Å². The highest BCUT2D eigenvalue weighted by molar-refractivity contribution is 6.30. The standard InChI is InChI=1S/C18H18ClN3O3/c19-14-3-1-12(2-4-14)16-5-6-17(23)22(20-16)15-9-21(10-15)18(24)13-7-8-25-11-13/h1-6,13,15H,7-11H2. The smallest absolute Gasteiger partial charge is 0.267 e. The number of benzene rings is 1. The first-order valence-corrected chi connectivity index (χ1v) is 8.72. The first-order valence-electron chi connectivity index (χ1n) is 8.34. The van der Waals surface area contributed by atoms with Crippen molar-refractivity contribution in [2.24, 2.45) is 5.92 Å². The van der Waals surface area contributed by atoms with Crippen LogP contribution in [0.5, 0.6) is 0 Å². The molecular weight excluding hydrogens is 342 g/mol. The minimum absolute atomic E-state index is 0.0361. The van der Waals surface area contributed by atoms with E-state index in [1.54, 1.807) is 23.1 Å². The Bertz CT molecular complexity index is 837. The summed E-state index contributed by atoms with van der Waals surface area (Å²) in [5, 5.41) is 5.14. The summed E-state index contributed by atoms with van der Waals surface area (Å²) in [6.07, 6.45) is 0.782. The van der Waals surface area contributed by atoms with Crippen molar-refractivity contribution in [3.8, 4) is 11.3 Å². The zero-order valence-corrected chi connectivity index (χ0v) is 14.4. The Labute approximate surface area is 150 Å². The number of hydrogen-bond acceptors (Lipinski definition) is 4. The second-order valence-corrected chi connectivity index (χ2v) is 6.90. The lowest BCUT2D eigenvalue weighted by Gasteiger charge is -2.40. The number of rotatable bonds is 3.